The Kier molecular flexibility index (Phi) is 4.66. The molecule has 0 saturated carbocycles. The number of amides is 2. The number of ketones is 2. The first-order valence-corrected chi connectivity index (χ1v) is 11.7. The fourth-order valence-corrected chi connectivity index (χ4v) is 5.82. The summed E-state index contributed by atoms with van der Waals surface area (Å²) in [4.78, 5) is 56.3. The van der Waals surface area contributed by atoms with Gasteiger partial charge in [-0.2, -0.15) is 0 Å². The molecule has 6 nitrogen and oxygen atoms in total. The highest BCUT2D eigenvalue weighted by Gasteiger charge is 2.74. The lowest BCUT2D eigenvalue weighted by molar-refractivity contribution is -0.127. The van der Waals surface area contributed by atoms with Crippen molar-refractivity contribution >= 4 is 40.7 Å². The van der Waals surface area contributed by atoms with E-state index in [1.54, 1.807) is 48.5 Å². The summed E-state index contributed by atoms with van der Waals surface area (Å²) < 4.78 is 6.30. The second-order valence-corrected chi connectivity index (χ2v) is 9.75. The molecule has 174 valence electrons. The van der Waals surface area contributed by atoms with Crippen LogP contribution < -0.4 is 4.90 Å². The molecule has 1 spiro atoms. The van der Waals surface area contributed by atoms with E-state index in [0.717, 1.165) is 16.0 Å². The number of carbonyl (C=O) groups is 4. The zero-order valence-electron chi connectivity index (χ0n) is 18.9. The zero-order valence-corrected chi connectivity index (χ0v) is 19.7. The molecule has 2 heterocycles. The standard InChI is InChI=1S/C28H20ClNO5/c1-14-6-5-7-16(12-14)23-21-22(27(34)30(26(21)33)17-11-10-15(2)20(29)13-17)28(35-23)24(31)18-8-3-4-9-19(18)25(28)32/h3-13,21-23H,1-2H3/t21-,22-,23+/m0/s1. The van der Waals surface area contributed by atoms with E-state index >= 15 is 0 Å². The van der Waals surface area contributed by atoms with E-state index in [0.29, 0.717) is 16.3 Å². The molecule has 2 fully saturated rings. The Balaban J connectivity index is 1.55. The Morgan fingerprint density at radius 3 is 2.14 bits per heavy atom. The van der Waals surface area contributed by atoms with Gasteiger partial charge < -0.3 is 4.74 Å². The van der Waals surface area contributed by atoms with Crippen molar-refractivity contribution in [2.75, 3.05) is 4.90 Å². The van der Waals surface area contributed by atoms with Crippen LogP contribution in [0.25, 0.3) is 0 Å². The first kappa shape index (κ1) is 21.9. The van der Waals surface area contributed by atoms with Gasteiger partial charge in [0, 0.05) is 16.1 Å². The Morgan fingerprint density at radius 1 is 0.829 bits per heavy atom. The number of ether oxygens (including phenoxy) is 1. The zero-order chi connectivity index (χ0) is 24.6. The number of nitrogens with zero attached hydrogens (tertiary/aromatic N) is 1. The van der Waals surface area contributed by atoms with Crippen LogP contribution in [-0.2, 0) is 14.3 Å². The van der Waals surface area contributed by atoms with Crippen molar-refractivity contribution in [1.82, 2.24) is 0 Å². The highest BCUT2D eigenvalue weighted by atomic mass is 35.5. The van der Waals surface area contributed by atoms with Crippen LogP contribution in [-0.4, -0.2) is 29.0 Å². The largest absolute Gasteiger partial charge is 0.349 e. The van der Waals surface area contributed by atoms with Crippen LogP contribution in [0.3, 0.4) is 0 Å². The van der Waals surface area contributed by atoms with Crippen molar-refractivity contribution in [3.63, 3.8) is 0 Å². The molecule has 3 aromatic carbocycles. The molecular weight excluding hydrogens is 466 g/mol. The fourth-order valence-electron chi connectivity index (χ4n) is 5.64. The minimum absolute atomic E-state index is 0.207. The minimum Gasteiger partial charge on any atom is -0.349 e. The van der Waals surface area contributed by atoms with Gasteiger partial charge >= 0.3 is 0 Å². The predicted molar refractivity (Wildman–Crippen MR) is 129 cm³/mol. The molecule has 1 aliphatic carbocycles. The Bertz CT molecular complexity index is 1440. The molecule has 0 aromatic heterocycles. The summed E-state index contributed by atoms with van der Waals surface area (Å²) >= 11 is 6.30. The summed E-state index contributed by atoms with van der Waals surface area (Å²) in [5, 5.41) is 0.404. The highest BCUT2D eigenvalue weighted by Crippen LogP contribution is 2.57. The molecule has 3 aliphatic rings. The molecule has 6 rings (SSSR count). The summed E-state index contributed by atoms with van der Waals surface area (Å²) in [6.07, 6.45) is -0.940. The van der Waals surface area contributed by atoms with Crippen LogP contribution in [0, 0.1) is 25.7 Å². The number of benzene rings is 3. The van der Waals surface area contributed by atoms with Crippen molar-refractivity contribution in [3.05, 3.63) is 99.6 Å². The molecule has 3 atom stereocenters. The van der Waals surface area contributed by atoms with Crippen LogP contribution in [0.5, 0.6) is 0 Å². The van der Waals surface area contributed by atoms with Gasteiger partial charge in [0.1, 0.15) is 0 Å². The Hall–Kier alpha value is -3.61. The first-order valence-electron chi connectivity index (χ1n) is 11.3. The number of rotatable bonds is 2. The van der Waals surface area contributed by atoms with Crippen molar-refractivity contribution in [1.29, 1.82) is 0 Å². The molecule has 2 aliphatic heterocycles. The smallest absolute Gasteiger partial charge is 0.241 e. The third kappa shape index (κ3) is 2.81. The third-order valence-electron chi connectivity index (χ3n) is 7.30. The number of anilines is 1. The number of hydrogen-bond donors (Lipinski definition) is 0. The second kappa shape index (κ2) is 7.44. The molecule has 0 bridgehead atoms. The molecule has 0 N–H and O–H groups in total. The van der Waals surface area contributed by atoms with Gasteiger partial charge in [0.15, 0.2) is 0 Å². The normalized spacial score (nSPS) is 24.4. The van der Waals surface area contributed by atoms with Crippen molar-refractivity contribution in [3.8, 4) is 0 Å². The summed E-state index contributed by atoms with van der Waals surface area (Å²) in [5.74, 6) is -4.62. The predicted octanol–water partition coefficient (Wildman–Crippen LogP) is 4.65. The number of fused-ring (bicyclic) bond motifs is 3. The van der Waals surface area contributed by atoms with Crippen LogP contribution in [0.4, 0.5) is 5.69 Å². The SMILES string of the molecule is Cc1cccc([C@H]2OC3(C(=O)c4ccccc4C3=O)[C@@H]3C(=O)N(c4ccc(C)c(Cl)c4)C(=O)[C@H]23)c1. The minimum atomic E-state index is -2.08. The van der Waals surface area contributed by atoms with Gasteiger partial charge in [-0.15, -0.1) is 0 Å². The average molecular weight is 486 g/mol. The molecule has 2 saturated heterocycles. The molecule has 35 heavy (non-hydrogen) atoms. The Labute approximate surface area is 206 Å². The average Bonchev–Trinajstić information content (AvgIpc) is 3.41. The van der Waals surface area contributed by atoms with E-state index in [4.69, 9.17) is 16.3 Å². The number of aryl methyl sites for hydroxylation is 2. The maximum atomic E-state index is 13.9. The summed E-state index contributed by atoms with van der Waals surface area (Å²) in [7, 11) is 0. The highest BCUT2D eigenvalue weighted by molar-refractivity contribution is 6.37. The van der Waals surface area contributed by atoms with E-state index < -0.39 is 46.9 Å². The first-order chi connectivity index (χ1) is 16.8. The van der Waals surface area contributed by atoms with Gasteiger partial charge in [-0.3, -0.25) is 19.2 Å². The topological polar surface area (TPSA) is 80.8 Å². The lowest BCUT2D eigenvalue weighted by atomic mass is 9.77. The van der Waals surface area contributed by atoms with Gasteiger partial charge in [0.2, 0.25) is 29.0 Å². The quantitative estimate of drug-likeness (QED) is 0.390. The van der Waals surface area contributed by atoms with Crippen LogP contribution in [0.1, 0.15) is 43.5 Å². The molecule has 7 heteroatoms. The summed E-state index contributed by atoms with van der Waals surface area (Å²) in [6.45, 7) is 3.72. The lowest BCUT2D eigenvalue weighted by Crippen LogP contribution is -2.51. The van der Waals surface area contributed by atoms with E-state index in [2.05, 4.69) is 0 Å². The van der Waals surface area contributed by atoms with Gasteiger partial charge in [0.05, 0.1) is 23.6 Å². The van der Waals surface area contributed by atoms with Crippen molar-refractivity contribution in [2.24, 2.45) is 11.8 Å². The van der Waals surface area contributed by atoms with E-state index in [1.165, 1.54) is 0 Å². The maximum Gasteiger partial charge on any atom is 0.241 e. The fraction of sp³-hybridized carbons (Fsp3) is 0.214. The van der Waals surface area contributed by atoms with Crippen molar-refractivity contribution < 1.29 is 23.9 Å². The molecule has 2 amide bonds. The van der Waals surface area contributed by atoms with E-state index in [9.17, 15) is 19.2 Å². The van der Waals surface area contributed by atoms with E-state index in [1.807, 2.05) is 32.0 Å². The van der Waals surface area contributed by atoms with Crippen LogP contribution >= 0.6 is 11.6 Å². The number of halogens is 1. The number of imide groups is 1. The van der Waals surface area contributed by atoms with E-state index in [-0.39, 0.29) is 11.1 Å². The third-order valence-corrected chi connectivity index (χ3v) is 7.71. The lowest BCUT2D eigenvalue weighted by Gasteiger charge is -2.27. The number of hydrogen-bond acceptors (Lipinski definition) is 5. The van der Waals surface area contributed by atoms with Crippen LogP contribution in [0.15, 0.2) is 66.7 Å². The van der Waals surface area contributed by atoms with Crippen molar-refractivity contribution in [2.45, 2.75) is 25.6 Å². The van der Waals surface area contributed by atoms with Gasteiger partial charge in [0.25, 0.3) is 0 Å². The van der Waals surface area contributed by atoms with Gasteiger partial charge in [-0.25, -0.2) is 4.90 Å². The van der Waals surface area contributed by atoms with Crippen LogP contribution in [0.2, 0.25) is 5.02 Å². The monoisotopic (exact) mass is 485 g/mol. The van der Waals surface area contributed by atoms with Gasteiger partial charge in [-0.05, 0) is 37.1 Å². The second-order valence-electron chi connectivity index (χ2n) is 9.34. The molecule has 0 radical (unpaired) electrons. The van der Waals surface area contributed by atoms with Gasteiger partial charge in [-0.1, -0.05) is 71.8 Å². The molecule has 0 unspecified atom stereocenters. The summed E-state index contributed by atoms with van der Waals surface area (Å²) in [6, 6.07) is 18.7. The Morgan fingerprint density at radius 2 is 1.51 bits per heavy atom. The number of carbonyl (C=O) groups excluding carboxylic acids is 4. The maximum absolute atomic E-state index is 13.9. The number of Topliss-reactive ketones (excluding diaryl/α,β-unsaturated/α-hetero) is 2. The molecular formula is C28H20ClNO5. The molecule has 3 aromatic rings. The summed E-state index contributed by atoms with van der Waals surface area (Å²) in [5.41, 5.74) is 0.991.